The Balaban J connectivity index is 2.46. The van der Waals surface area contributed by atoms with Crippen LogP contribution in [-0.2, 0) is 6.42 Å². The summed E-state index contributed by atoms with van der Waals surface area (Å²) in [5.41, 5.74) is 5.56. The molecule has 0 aliphatic rings. The molecule has 1 unspecified atom stereocenters. The molecule has 0 spiro atoms. The van der Waals surface area contributed by atoms with Gasteiger partial charge in [0.2, 0.25) is 0 Å². The fraction of sp³-hybridized carbons (Fsp3) is 0.333. The number of hydrogen-bond donors (Lipinski definition) is 2. The molecule has 0 saturated carbocycles. The van der Waals surface area contributed by atoms with Crippen molar-refractivity contribution in [2.75, 3.05) is 0 Å². The fourth-order valence-corrected chi connectivity index (χ4v) is 1.84. The molecule has 3 N–H and O–H groups in total. The highest BCUT2D eigenvalue weighted by Gasteiger charge is 2.19. The second-order valence-corrected chi connectivity index (χ2v) is 3.86. The number of furan rings is 1. The molecule has 17 heavy (non-hydrogen) atoms. The maximum atomic E-state index is 5.61. The maximum absolute atomic E-state index is 5.61. The summed E-state index contributed by atoms with van der Waals surface area (Å²) in [7, 11) is 0. The number of aryl methyl sites for hydroxylation is 2. The zero-order valence-corrected chi connectivity index (χ0v) is 9.97. The van der Waals surface area contributed by atoms with Crippen molar-refractivity contribution in [2.24, 2.45) is 5.84 Å². The van der Waals surface area contributed by atoms with E-state index < -0.39 is 0 Å². The second kappa shape index (κ2) is 5.07. The van der Waals surface area contributed by atoms with Crippen molar-refractivity contribution in [1.29, 1.82) is 0 Å². The average molecular weight is 232 g/mol. The SMILES string of the molecule is CCc1nnc(C)cc1C(NN)c1ccco1. The van der Waals surface area contributed by atoms with Crippen LogP contribution in [0.3, 0.4) is 0 Å². The molecule has 0 aliphatic heterocycles. The minimum atomic E-state index is -0.186. The third-order valence-corrected chi connectivity index (χ3v) is 2.67. The molecule has 0 saturated heterocycles. The van der Waals surface area contributed by atoms with Gasteiger partial charge in [0.1, 0.15) is 11.8 Å². The standard InChI is InChI=1S/C12H16N4O/c1-3-10-9(7-8(2)15-16-10)12(14-13)11-5-4-6-17-11/h4-7,12,14H,3,13H2,1-2H3. The maximum Gasteiger partial charge on any atom is 0.126 e. The normalized spacial score (nSPS) is 12.6. The van der Waals surface area contributed by atoms with Gasteiger partial charge in [-0.15, -0.1) is 0 Å². The molecule has 2 aromatic heterocycles. The van der Waals surface area contributed by atoms with Gasteiger partial charge in [0.25, 0.3) is 0 Å². The Morgan fingerprint density at radius 2 is 2.29 bits per heavy atom. The predicted octanol–water partition coefficient (Wildman–Crippen LogP) is 1.49. The van der Waals surface area contributed by atoms with Crippen LogP contribution in [-0.4, -0.2) is 10.2 Å². The van der Waals surface area contributed by atoms with E-state index in [2.05, 4.69) is 15.6 Å². The van der Waals surface area contributed by atoms with Crippen molar-refractivity contribution in [3.05, 3.63) is 47.2 Å². The number of nitrogens with two attached hydrogens (primary N) is 1. The van der Waals surface area contributed by atoms with Gasteiger partial charge < -0.3 is 4.42 Å². The summed E-state index contributed by atoms with van der Waals surface area (Å²) in [6.45, 7) is 3.95. The lowest BCUT2D eigenvalue weighted by Crippen LogP contribution is -2.29. The fourth-order valence-electron chi connectivity index (χ4n) is 1.84. The Labute approximate surface area is 100 Å². The Kier molecular flexibility index (Phi) is 3.51. The van der Waals surface area contributed by atoms with E-state index in [0.29, 0.717) is 0 Å². The van der Waals surface area contributed by atoms with Crippen LogP contribution in [0.25, 0.3) is 0 Å². The lowest BCUT2D eigenvalue weighted by molar-refractivity contribution is 0.449. The molecule has 0 bridgehead atoms. The Morgan fingerprint density at radius 3 is 2.88 bits per heavy atom. The summed E-state index contributed by atoms with van der Waals surface area (Å²) in [4.78, 5) is 0. The van der Waals surface area contributed by atoms with Gasteiger partial charge >= 0.3 is 0 Å². The van der Waals surface area contributed by atoms with Crippen LogP contribution in [0, 0.1) is 6.92 Å². The first-order valence-electron chi connectivity index (χ1n) is 5.59. The quantitative estimate of drug-likeness (QED) is 0.617. The van der Waals surface area contributed by atoms with Gasteiger partial charge in [0, 0.05) is 5.56 Å². The van der Waals surface area contributed by atoms with Crippen molar-refractivity contribution in [1.82, 2.24) is 15.6 Å². The minimum Gasteiger partial charge on any atom is -0.467 e. The smallest absolute Gasteiger partial charge is 0.126 e. The van der Waals surface area contributed by atoms with Crippen LogP contribution < -0.4 is 11.3 Å². The summed E-state index contributed by atoms with van der Waals surface area (Å²) in [6, 6.07) is 5.53. The molecule has 5 nitrogen and oxygen atoms in total. The largest absolute Gasteiger partial charge is 0.467 e. The predicted molar refractivity (Wildman–Crippen MR) is 64.0 cm³/mol. The molecule has 2 aromatic rings. The topological polar surface area (TPSA) is 77.0 Å². The van der Waals surface area contributed by atoms with Gasteiger partial charge in [-0.25, -0.2) is 5.43 Å². The molecule has 0 aliphatic carbocycles. The lowest BCUT2D eigenvalue weighted by Gasteiger charge is -2.16. The molecular weight excluding hydrogens is 216 g/mol. The van der Waals surface area contributed by atoms with E-state index in [1.54, 1.807) is 6.26 Å². The second-order valence-electron chi connectivity index (χ2n) is 3.86. The average Bonchev–Trinajstić information content (AvgIpc) is 2.84. The number of nitrogens with zero attached hydrogens (tertiary/aromatic N) is 2. The summed E-state index contributed by atoms with van der Waals surface area (Å²) >= 11 is 0. The van der Waals surface area contributed by atoms with E-state index in [0.717, 1.165) is 29.1 Å². The molecule has 0 fully saturated rings. The van der Waals surface area contributed by atoms with E-state index >= 15 is 0 Å². The van der Waals surface area contributed by atoms with Gasteiger partial charge in [-0.05, 0) is 31.5 Å². The van der Waals surface area contributed by atoms with Crippen molar-refractivity contribution in [2.45, 2.75) is 26.3 Å². The number of hydrogen-bond acceptors (Lipinski definition) is 5. The van der Waals surface area contributed by atoms with Crippen LogP contribution >= 0.6 is 0 Å². The molecule has 0 aromatic carbocycles. The van der Waals surface area contributed by atoms with E-state index in [1.807, 2.05) is 32.0 Å². The van der Waals surface area contributed by atoms with E-state index in [9.17, 15) is 0 Å². The number of hydrazine groups is 1. The zero-order valence-electron chi connectivity index (χ0n) is 9.97. The number of aromatic nitrogens is 2. The molecule has 2 heterocycles. The van der Waals surface area contributed by atoms with Crippen molar-refractivity contribution in [3.8, 4) is 0 Å². The van der Waals surface area contributed by atoms with Crippen LogP contribution in [0.5, 0.6) is 0 Å². The molecule has 2 rings (SSSR count). The summed E-state index contributed by atoms with van der Waals surface area (Å²) in [5.74, 6) is 6.38. The van der Waals surface area contributed by atoms with Crippen LogP contribution in [0.4, 0.5) is 0 Å². The van der Waals surface area contributed by atoms with Gasteiger partial charge in [0.15, 0.2) is 0 Å². The van der Waals surface area contributed by atoms with Crippen molar-refractivity contribution in [3.63, 3.8) is 0 Å². The van der Waals surface area contributed by atoms with Gasteiger partial charge in [-0.2, -0.15) is 10.2 Å². The van der Waals surface area contributed by atoms with Crippen LogP contribution in [0.15, 0.2) is 28.9 Å². The molecule has 0 radical (unpaired) electrons. The van der Waals surface area contributed by atoms with Crippen LogP contribution in [0.1, 0.15) is 35.7 Å². The highest BCUT2D eigenvalue weighted by Crippen LogP contribution is 2.24. The molecule has 0 amide bonds. The van der Waals surface area contributed by atoms with E-state index in [4.69, 9.17) is 10.3 Å². The highest BCUT2D eigenvalue weighted by atomic mass is 16.3. The minimum absolute atomic E-state index is 0.186. The molecule has 1 atom stereocenters. The van der Waals surface area contributed by atoms with E-state index in [1.165, 1.54) is 0 Å². The first-order chi connectivity index (χ1) is 8.26. The molecular formula is C12H16N4O. The van der Waals surface area contributed by atoms with Crippen molar-refractivity contribution < 1.29 is 4.42 Å². The number of nitrogens with one attached hydrogen (secondary N) is 1. The summed E-state index contributed by atoms with van der Waals surface area (Å²) in [6.07, 6.45) is 2.44. The van der Waals surface area contributed by atoms with Gasteiger partial charge in [-0.3, -0.25) is 5.84 Å². The Hall–Kier alpha value is -1.72. The van der Waals surface area contributed by atoms with Gasteiger partial charge in [0.05, 0.1) is 17.7 Å². The molecule has 90 valence electrons. The lowest BCUT2D eigenvalue weighted by atomic mass is 10.0. The van der Waals surface area contributed by atoms with E-state index in [-0.39, 0.29) is 6.04 Å². The van der Waals surface area contributed by atoms with Crippen molar-refractivity contribution >= 4 is 0 Å². The first-order valence-corrected chi connectivity index (χ1v) is 5.59. The summed E-state index contributed by atoms with van der Waals surface area (Å²) < 4.78 is 5.39. The Morgan fingerprint density at radius 1 is 1.47 bits per heavy atom. The Bertz CT molecular complexity index is 481. The third-order valence-electron chi connectivity index (χ3n) is 2.67. The monoisotopic (exact) mass is 232 g/mol. The zero-order chi connectivity index (χ0) is 12.3. The first kappa shape index (κ1) is 11.8. The third kappa shape index (κ3) is 2.35. The number of rotatable bonds is 4. The molecule has 5 heteroatoms. The van der Waals surface area contributed by atoms with Gasteiger partial charge in [-0.1, -0.05) is 6.92 Å². The summed E-state index contributed by atoms with van der Waals surface area (Å²) in [5, 5.41) is 8.25. The van der Waals surface area contributed by atoms with Crippen LogP contribution in [0.2, 0.25) is 0 Å². The highest BCUT2D eigenvalue weighted by molar-refractivity contribution is 5.30.